The molecule has 4 nitrogen and oxygen atoms in total. The summed E-state index contributed by atoms with van der Waals surface area (Å²) in [6.45, 7) is 0. The molecule has 0 atom stereocenters. The molecular weight excluding hydrogens is 248 g/mol. The van der Waals surface area contributed by atoms with Crippen LogP contribution in [0.15, 0.2) is 24.3 Å². The van der Waals surface area contributed by atoms with E-state index in [1.165, 1.54) is 0 Å². The fourth-order valence-corrected chi connectivity index (χ4v) is 2.16. The standard InChI is InChI=1S/C10H7ClN2O2S/c11-6-3-1-5(2-4-6)9-13-8(12)7(16-9)10(14)15/h1-4H,12H2,(H,14,15). The van der Waals surface area contributed by atoms with Gasteiger partial charge in [0.25, 0.3) is 0 Å². The number of benzene rings is 1. The van der Waals surface area contributed by atoms with Gasteiger partial charge in [-0.2, -0.15) is 0 Å². The Morgan fingerprint density at radius 3 is 2.50 bits per heavy atom. The maximum atomic E-state index is 10.8. The van der Waals surface area contributed by atoms with Gasteiger partial charge in [-0.05, 0) is 12.1 Å². The molecule has 0 saturated carbocycles. The predicted molar refractivity (Wildman–Crippen MR) is 63.9 cm³/mol. The van der Waals surface area contributed by atoms with Crippen LogP contribution in [-0.4, -0.2) is 16.1 Å². The third-order valence-electron chi connectivity index (χ3n) is 1.94. The lowest BCUT2D eigenvalue weighted by Gasteiger charge is -1.94. The summed E-state index contributed by atoms with van der Waals surface area (Å²) in [7, 11) is 0. The maximum Gasteiger partial charge on any atom is 0.349 e. The van der Waals surface area contributed by atoms with Crippen LogP contribution in [0.4, 0.5) is 5.82 Å². The quantitative estimate of drug-likeness (QED) is 0.864. The lowest BCUT2D eigenvalue weighted by atomic mass is 10.2. The number of thiazole rings is 1. The molecule has 2 aromatic rings. The van der Waals surface area contributed by atoms with E-state index in [0.717, 1.165) is 16.9 Å². The molecule has 1 heterocycles. The number of carbonyl (C=O) groups is 1. The minimum absolute atomic E-state index is 0.0439. The van der Waals surface area contributed by atoms with Gasteiger partial charge < -0.3 is 10.8 Å². The number of rotatable bonds is 2. The van der Waals surface area contributed by atoms with Crippen LogP contribution >= 0.6 is 22.9 Å². The largest absolute Gasteiger partial charge is 0.477 e. The van der Waals surface area contributed by atoms with Crippen molar-refractivity contribution in [2.45, 2.75) is 0 Å². The van der Waals surface area contributed by atoms with Gasteiger partial charge in [-0.25, -0.2) is 9.78 Å². The van der Waals surface area contributed by atoms with Crippen molar-refractivity contribution in [1.82, 2.24) is 4.98 Å². The van der Waals surface area contributed by atoms with Gasteiger partial charge in [0.2, 0.25) is 0 Å². The minimum Gasteiger partial charge on any atom is -0.477 e. The zero-order chi connectivity index (χ0) is 11.7. The number of hydrogen-bond donors (Lipinski definition) is 2. The van der Waals surface area contributed by atoms with E-state index >= 15 is 0 Å². The molecule has 0 amide bonds. The van der Waals surface area contributed by atoms with E-state index in [2.05, 4.69) is 4.98 Å². The Kier molecular flexibility index (Phi) is 2.80. The van der Waals surface area contributed by atoms with E-state index in [-0.39, 0.29) is 10.7 Å². The maximum absolute atomic E-state index is 10.8. The molecular formula is C10H7ClN2O2S. The van der Waals surface area contributed by atoms with E-state index in [4.69, 9.17) is 22.4 Å². The SMILES string of the molecule is Nc1nc(-c2ccc(Cl)cc2)sc1C(=O)O. The first-order chi connectivity index (χ1) is 7.58. The number of carboxylic acid groups (broad SMARTS) is 1. The summed E-state index contributed by atoms with van der Waals surface area (Å²) in [5, 5.41) is 10.0. The van der Waals surface area contributed by atoms with Crippen LogP contribution in [-0.2, 0) is 0 Å². The third-order valence-corrected chi connectivity index (χ3v) is 3.30. The van der Waals surface area contributed by atoms with Crippen LogP contribution in [0.2, 0.25) is 5.02 Å². The summed E-state index contributed by atoms with van der Waals surface area (Å²) in [6.07, 6.45) is 0. The average molecular weight is 255 g/mol. The molecule has 82 valence electrons. The molecule has 0 fully saturated rings. The van der Waals surface area contributed by atoms with Gasteiger partial charge in [0, 0.05) is 10.6 Å². The van der Waals surface area contributed by atoms with Crippen LogP contribution in [0.25, 0.3) is 10.6 Å². The second-order valence-corrected chi connectivity index (χ2v) is 4.48. The first-order valence-corrected chi connectivity index (χ1v) is 5.53. The fourth-order valence-electron chi connectivity index (χ4n) is 1.20. The van der Waals surface area contributed by atoms with Crippen molar-refractivity contribution in [2.24, 2.45) is 0 Å². The molecule has 0 aliphatic heterocycles. The second kappa shape index (κ2) is 4.11. The molecule has 6 heteroatoms. The molecule has 0 unspecified atom stereocenters. The molecule has 0 aliphatic carbocycles. The van der Waals surface area contributed by atoms with E-state index in [0.29, 0.717) is 10.0 Å². The number of nitrogens with two attached hydrogens (primary N) is 1. The molecule has 3 N–H and O–H groups in total. The van der Waals surface area contributed by atoms with Crippen molar-refractivity contribution in [3.8, 4) is 10.6 Å². The number of halogens is 1. The van der Waals surface area contributed by atoms with Gasteiger partial charge >= 0.3 is 5.97 Å². The Balaban J connectivity index is 2.45. The topological polar surface area (TPSA) is 76.2 Å². The molecule has 16 heavy (non-hydrogen) atoms. The van der Waals surface area contributed by atoms with E-state index in [1.807, 2.05) is 0 Å². The zero-order valence-corrected chi connectivity index (χ0v) is 9.55. The lowest BCUT2D eigenvalue weighted by Crippen LogP contribution is -1.97. The van der Waals surface area contributed by atoms with E-state index in [9.17, 15) is 4.79 Å². The number of carboxylic acids is 1. The Hall–Kier alpha value is -1.59. The summed E-state index contributed by atoms with van der Waals surface area (Å²) in [5.41, 5.74) is 6.30. The highest BCUT2D eigenvalue weighted by molar-refractivity contribution is 7.17. The number of nitrogen functional groups attached to an aromatic ring is 1. The van der Waals surface area contributed by atoms with Crippen molar-refractivity contribution in [3.63, 3.8) is 0 Å². The molecule has 0 radical (unpaired) electrons. The first-order valence-electron chi connectivity index (χ1n) is 4.33. The zero-order valence-electron chi connectivity index (χ0n) is 7.98. The Bertz CT molecular complexity index is 536. The monoisotopic (exact) mass is 254 g/mol. The highest BCUT2D eigenvalue weighted by Gasteiger charge is 2.15. The molecule has 0 aliphatic rings. The third kappa shape index (κ3) is 2.00. The van der Waals surface area contributed by atoms with Crippen LogP contribution in [0, 0.1) is 0 Å². The number of hydrogen-bond acceptors (Lipinski definition) is 4. The number of anilines is 1. The minimum atomic E-state index is -1.06. The molecule has 0 spiro atoms. The molecule has 0 bridgehead atoms. The summed E-state index contributed by atoms with van der Waals surface area (Å²) < 4.78 is 0. The Labute approximate surface area is 100 Å². The predicted octanol–water partition coefficient (Wildman–Crippen LogP) is 2.74. The number of aromatic carboxylic acids is 1. The van der Waals surface area contributed by atoms with Crippen molar-refractivity contribution in [2.75, 3.05) is 5.73 Å². The van der Waals surface area contributed by atoms with Gasteiger partial charge in [-0.3, -0.25) is 0 Å². The molecule has 1 aromatic carbocycles. The molecule has 2 rings (SSSR count). The highest BCUT2D eigenvalue weighted by Crippen LogP contribution is 2.30. The van der Waals surface area contributed by atoms with Gasteiger partial charge in [-0.15, -0.1) is 11.3 Å². The van der Waals surface area contributed by atoms with Gasteiger partial charge in [0.15, 0.2) is 4.88 Å². The second-order valence-electron chi connectivity index (χ2n) is 3.05. The van der Waals surface area contributed by atoms with Crippen molar-refractivity contribution >= 4 is 34.7 Å². The Morgan fingerprint density at radius 1 is 1.38 bits per heavy atom. The lowest BCUT2D eigenvalue weighted by molar-refractivity contribution is 0.0703. The van der Waals surface area contributed by atoms with E-state index < -0.39 is 5.97 Å². The van der Waals surface area contributed by atoms with Crippen molar-refractivity contribution in [3.05, 3.63) is 34.2 Å². The van der Waals surface area contributed by atoms with Gasteiger partial charge in [0.1, 0.15) is 10.8 Å². The van der Waals surface area contributed by atoms with Crippen LogP contribution in [0.5, 0.6) is 0 Å². The van der Waals surface area contributed by atoms with Gasteiger partial charge in [-0.1, -0.05) is 23.7 Å². The van der Waals surface area contributed by atoms with Gasteiger partial charge in [0.05, 0.1) is 0 Å². The smallest absolute Gasteiger partial charge is 0.349 e. The number of nitrogens with zero attached hydrogens (tertiary/aromatic N) is 1. The Morgan fingerprint density at radius 2 is 2.00 bits per heavy atom. The van der Waals surface area contributed by atoms with E-state index in [1.54, 1.807) is 24.3 Å². The van der Waals surface area contributed by atoms with Crippen LogP contribution < -0.4 is 5.73 Å². The average Bonchev–Trinajstić information content (AvgIpc) is 2.61. The van der Waals surface area contributed by atoms with Crippen LogP contribution in [0.1, 0.15) is 9.67 Å². The van der Waals surface area contributed by atoms with Crippen molar-refractivity contribution in [1.29, 1.82) is 0 Å². The normalized spacial score (nSPS) is 10.3. The summed E-state index contributed by atoms with van der Waals surface area (Å²) in [4.78, 5) is 14.9. The summed E-state index contributed by atoms with van der Waals surface area (Å²) in [6, 6.07) is 6.97. The fraction of sp³-hybridized carbons (Fsp3) is 0. The van der Waals surface area contributed by atoms with Crippen molar-refractivity contribution < 1.29 is 9.90 Å². The molecule has 0 saturated heterocycles. The highest BCUT2D eigenvalue weighted by atomic mass is 35.5. The van der Waals surface area contributed by atoms with Crippen LogP contribution in [0.3, 0.4) is 0 Å². The summed E-state index contributed by atoms with van der Waals surface area (Å²) >= 11 is 6.80. The number of aromatic nitrogens is 1. The first kappa shape index (κ1) is 10.9. The summed E-state index contributed by atoms with van der Waals surface area (Å²) in [5.74, 6) is -1.02. The molecule has 1 aromatic heterocycles.